The van der Waals surface area contributed by atoms with Crippen molar-refractivity contribution >= 4 is 41.2 Å². The van der Waals surface area contributed by atoms with E-state index < -0.39 is 70.8 Å². The van der Waals surface area contributed by atoms with Crippen LogP contribution in [-0.2, 0) is 40.1 Å². The number of hydrogen-bond acceptors (Lipinski definition) is 7. The number of carbonyl (C=O) groups excluding carboxylic acids is 7. The molecule has 1 heterocycles. The summed E-state index contributed by atoms with van der Waals surface area (Å²) in [6, 6.07) is 4.99. The van der Waals surface area contributed by atoms with E-state index in [0.29, 0.717) is 32.1 Å². The summed E-state index contributed by atoms with van der Waals surface area (Å²) in [5.41, 5.74) is 0.0310. The monoisotopic (exact) mass is 748 g/mol. The van der Waals surface area contributed by atoms with Crippen molar-refractivity contribution in [2.24, 2.45) is 17.3 Å². The first-order valence-electron chi connectivity index (χ1n) is 20.2. The van der Waals surface area contributed by atoms with Crippen LogP contribution in [0.1, 0.15) is 123 Å². The molecule has 6 amide bonds. The van der Waals surface area contributed by atoms with Gasteiger partial charge in [-0.05, 0) is 74.2 Å². The van der Waals surface area contributed by atoms with Crippen molar-refractivity contribution in [3.05, 3.63) is 35.9 Å². The molecule has 3 saturated carbocycles. The quantitative estimate of drug-likeness (QED) is 0.181. The number of amides is 6. The van der Waals surface area contributed by atoms with E-state index in [9.17, 15) is 33.6 Å². The van der Waals surface area contributed by atoms with E-state index >= 15 is 0 Å². The number of carbonyl (C=O) groups is 7. The number of likely N-dealkylation sites (tertiary alicyclic amines) is 1. The summed E-state index contributed by atoms with van der Waals surface area (Å²) < 4.78 is 0. The Morgan fingerprint density at radius 2 is 1.44 bits per heavy atom. The van der Waals surface area contributed by atoms with Crippen LogP contribution < -0.4 is 26.6 Å². The van der Waals surface area contributed by atoms with Crippen LogP contribution in [0.4, 0.5) is 0 Å². The maximum Gasteiger partial charge on any atom is 0.309 e. The molecular formula is C41H60N6O7. The third-order valence-corrected chi connectivity index (χ3v) is 11.6. The lowest BCUT2D eigenvalue weighted by atomic mass is 9.81. The second-order valence-electron chi connectivity index (χ2n) is 16.9. The molecule has 1 aromatic carbocycles. The van der Waals surface area contributed by atoms with E-state index in [0.717, 1.165) is 56.9 Å². The minimum atomic E-state index is -1.06. The predicted molar refractivity (Wildman–Crippen MR) is 202 cm³/mol. The molecule has 1 saturated heterocycles. The van der Waals surface area contributed by atoms with Crippen LogP contribution in [0.5, 0.6) is 0 Å². The Kier molecular flexibility index (Phi) is 13.9. The summed E-state index contributed by atoms with van der Waals surface area (Å²) in [7, 11) is 0. The molecule has 0 aromatic heterocycles. The maximum atomic E-state index is 14.9. The SMILES string of the molecule is CCC[C@H](NC(=O)C1CC2CCCCC2N1C(=O)[C@@H](NC(=O)[C@@H](NC(=O)C(=O)NCc1ccccc1)C1CCCCC1)C(C)(C)C)C(=O)C(=O)NC1CC1. The normalized spacial score (nSPS) is 23.2. The largest absolute Gasteiger partial charge is 0.347 e. The van der Waals surface area contributed by atoms with Gasteiger partial charge in [-0.1, -0.05) is 96.6 Å². The minimum Gasteiger partial charge on any atom is -0.347 e. The van der Waals surface area contributed by atoms with Gasteiger partial charge in [-0.15, -0.1) is 0 Å². The smallest absolute Gasteiger partial charge is 0.309 e. The first-order valence-corrected chi connectivity index (χ1v) is 20.2. The van der Waals surface area contributed by atoms with Crippen LogP contribution in [0.3, 0.4) is 0 Å². The topological polar surface area (TPSA) is 183 Å². The highest BCUT2D eigenvalue weighted by molar-refractivity contribution is 6.38. The van der Waals surface area contributed by atoms with E-state index in [1.807, 2.05) is 58.0 Å². The second kappa shape index (κ2) is 18.4. The molecule has 5 N–H and O–H groups in total. The van der Waals surface area contributed by atoms with Crippen LogP contribution in [-0.4, -0.2) is 82.4 Å². The van der Waals surface area contributed by atoms with Crippen LogP contribution in [0.25, 0.3) is 0 Å². The lowest BCUT2D eigenvalue weighted by Gasteiger charge is -2.40. The van der Waals surface area contributed by atoms with Gasteiger partial charge in [0.15, 0.2) is 0 Å². The van der Waals surface area contributed by atoms with Gasteiger partial charge in [-0.25, -0.2) is 0 Å². The number of fused-ring (bicyclic) bond motifs is 1. The zero-order chi connectivity index (χ0) is 39.0. The van der Waals surface area contributed by atoms with Gasteiger partial charge in [0.05, 0.1) is 6.04 Å². The molecule has 5 rings (SSSR count). The molecule has 0 radical (unpaired) electrons. The van der Waals surface area contributed by atoms with Crippen LogP contribution in [0.2, 0.25) is 0 Å². The Balaban J connectivity index is 1.34. The highest BCUT2D eigenvalue weighted by Crippen LogP contribution is 2.41. The molecule has 3 unspecified atom stereocenters. The molecule has 13 nitrogen and oxygen atoms in total. The van der Waals surface area contributed by atoms with Crippen molar-refractivity contribution in [2.75, 3.05) is 0 Å². The van der Waals surface area contributed by atoms with Crippen LogP contribution in [0.15, 0.2) is 30.3 Å². The molecule has 0 spiro atoms. The maximum absolute atomic E-state index is 14.9. The van der Waals surface area contributed by atoms with Gasteiger partial charge in [0.2, 0.25) is 23.5 Å². The summed E-state index contributed by atoms with van der Waals surface area (Å²) in [6.07, 6.45) is 10.5. The van der Waals surface area contributed by atoms with E-state index in [1.54, 1.807) is 4.90 Å². The lowest BCUT2D eigenvalue weighted by molar-refractivity contribution is -0.148. The van der Waals surface area contributed by atoms with Gasteiger partial charge in [0, 0.05) is 18.6 Å². The van der Waals surface area contributed by atoms with Crippen molar-refractivity contribution in [2.45, 2.75) is 160 Å². The van der Waals surface area contributed by atoms with Crippen molar-refractivity contribution in [1.82, 2.24) is 31.5 Å². The van der Waals surface area contributed by atoms with Crippen molar-refractivity contribution in [1.29, 1.82) is 0 Å². The number of benzene rings is 1. The first kappa shape index (κ1) is 40.9. The Morgan fingerprint density at radius 3 is 2.09 bits per heavy atom. The molecule has 3 aliphatic carbocycles. The van der Waals surface area contributed by atoms with Crippen LogP contribution >= 0.6 is 0 Å². The zero-order valence-electron chi connectivity index (χ0n) is 32.4. The standard InChI is InChI=1S/C41H60N6O7/c1-5-14-29(33(48)37(51)43-28-21-22-28)44-35(49)31-23-27-19-12-13-20-30(27)47(31)40(54)34(41(2,3)4)46-36(50)32(26-17-10-7-11-18-26)45-39(53)38(52)42-24-25-15-8-6-9-16-25/h6,8-9,15-16,26-32,34H,5,7,10-14,17-24H2,1-4H3,(H,42,52)(H,43,51)(H,44,49)(H,45,53)(H,46,50)/t27?,29-,30?,31?,32-,34+/m0/s1. The summed E-state index contributed by atoms with van der Waals surface area (Å²) in [6.45, 7) is 7.57. The van der Waals surface area contributed by atoms with Gasteiger partial charge < -0.3 is 31.5 Å². The molecular weight excluding hydrogens is 688 g/mol. The Hall–Kier alpha value is -4.29. The Bertz CT molecular complexity index is 1530. The van der Waals surface area contributed by atoms with Crippen molar-refractivity contribution in [3.63, 3.8) is 0 Å². The number of Topliss-reactive ketones (excluding diaryl/α,β-unsaturated/α-hetero) is 1. The van der Waals surface area contributed by atoms with Crippen molar-refractivity contribution < 1.29 is 33.6 Å². The molecule has 0 bridgehead atoms. The molecule has 4 fully saturated rings. The number of rotatable bonds is 14. The molecule has 1 aliphatic heterocycles. The predicted octanol–water partition coefficient (Wildman–Crippen LogP) is 3.19. The molecule has 296 valence electrons. The second-order valence-corrected chi connectivity index (χ2v) is 16.9. The van der Waals surface area contributed by atoms with Gasteiger partial charge in [-0.2, -0.15) is 0 Å². The van der Waals surface area contributed by atoms with Gasteiger partial charge in [-0.3, -0.25) is 33.6 Å². The van der Waals surface area contributed by atoms with Gasteiger partial charge >= 0.3 is 11.8 Å². The molecule has 54 heavy (non-hydrogen) atoms. The average Bonchev–Trinajstić information content (AvgIpc) is 3.89. The van der Waals surface area contributed by atoms with Crippen molar-refractivity contribution in [3.8, 4) is 0 Å². The van der Waals surface area contributed by atoms with E-state index in [-0.39, 0.29) is 36.9 Å². The average molecular weight is 749 g/mol. The highest BCUT2D eigenvalue weighted by atomic mass is 16.2. The fourth-order valence-electron chi connectivity index (χ4n) is 8.44. The van der Waals surface area contributed by atoms with E-state index in [2.05, 4.69) is 26.6 Å². The fourth-order valence-corrected chi connectivity index (χ4v) is 8.44. The minimum absolute atomic E-state index is 0.00198. The number of nitrogens with one attached hydrogen (secondary N) is 5. The third-order valence-electron chi connectivity index (χ3n) is 11.6. The first-order chi connectivity index (χ1) is 25.8. The number of ketones is 1. The van der Waals surface area contributed by atoms with E-state index in [1.165, 1.54) is 0 Å². The van der Waals surface area contributed by atoms with Gasteiger partial charge in [0.1, 0.15) is 18.1 Å². The molecule has 4 aliphatic rings. The highest BCUT2D eigenvalue weighted by Gasteiger charge is 2.51. The fraction of sp³-hybridized carbons (Fsp3) is 0.683. The summed E-state index contributed by atoms with van der Waals surface area (Å²) in [4.78, 5) is 97.0. The zero-order valence-corrected chi connectivity index (χ0v) is 32.4. The van der Waals surface area contributed by atoms with Gasteiger partial charge in [0.25, 0.3) is 5.91 Å². The Morgan fingerprint density at radius 1 is 0.778 bits per heavy atom. The van der Waals surface area contributed by atoms with Crippen LogP contribution in [0, 0.1) is 17.3 Å². The third kappa shape index (κ3) is 10.5. The number of nitrogens with zero attached hydrogens (tertiary/aromatic N) is 1. The summed E-state index contributed by atoms with van der Waals surface area (Å²) in [5.74, 6) is -4.72. The Labute approximate surface area is 319 Å². The molecule has 1 aromatic rings. The number of hydrogen-bond donors (Lipinski definition) is 5. The lowest BCUT2D eigenvalue weighted by Crippen LogP contribution is -2.63. The molecule has 6 atom stereocenters. The molecule has 13 heteroatoms. The van der Waals surface area contributed by atoms with E-state index in [4.69, 9.17) is 0 Å². The summed E-state index contributed by atoms with van der Waals surface area (Å²) >= 11 is 0. The summed E-state index contributed by atoms with van der Waals surface area (Å²) in [5, 5.41) is 13.9.